The van der Waals surface area contributed by atoms with E-state index in [0.717, 1.165) is 13.0 Å². The fourth-order valence-corrected chi connectivity index (χ4v) is 1.23. The molecule has 1 nitrogen and oxygen atoms in total. The number of nitrogens with zero attached hydrogens (tertiary/aromatic N) is 1. The summed E-state index contributed by atoms with van der Waals surface area (Å²) in [4.78, 5) is 4.32. The topological polar surface area (TPSA) is 12.4 Å². The van der Waals surface area contributed by atoms with Gasteiger partial charge in [0.15, 0.2) is 0 Å². The van der Waals surface area contributed by atoms with Gasteiger partial charge in [0.05, 0.1) is 0 Å². The van der Waals surface area contributed by atoms with E-state index in [0.29, 0.717) is 0 Å². The summed E-state index contributed by atoms with van der Waals surface area (Å²) in [6.45, 7) is 1.04. The minimum absolute atomic E-state index is 1.04. The molecule has 1 heteroatoms. The fourth-order valence-electron chi connectivity index (χ4n) is 1.23. The van der Waals surface area contributed by atoms with Crippen molar-refractivity contribution >= 4 is 6.21 Å². The van der Waals surface area contributed by atoms with Gasteiger partial charge in [0.2, 0.25) is 0 Å². The van der Waals surface area contributed by atoms with Crippen molar-refractivity contribution in [3.05, 3.63) is 12.2 Å². The van der Waals surface area contributed by atoms with Crippen LogP contribution < -0.4 is 0 Å². The van der Waals surface area contributed by atoms with Gasteiger partial charge in [-0.2, -0.15) is 0 Å². The van der Waals surface area contributed by atoms with Gasteiger partial charge >= 0.3 is 0 Å². The Balaban J connectivity index is 2.22. The molecule has 0 aromatic carbocycles. The van der Waals surface area contributed by atoms with E-state index in [9.17, 15) is 0 Å². The normalized spacial score (nSPS) is 26.9. The van der Waals surface area contributed by atoms with Crippen LogP contribution in [0.5, 0.6) is 0 Å². The lowest BCUT2D eigenvalue weighted by Crippen LogP contribution is -1.82. The molecule has 11 heavy (non-hydrogen) atoms. The van der Waals surface area contributed by atoms with Gasteiger partial charge in [-0.05, 0) is 38.3 Å². The van der Waals surface area contributed by atoms with Crippen LogP contribution in [0.1, 0.15) is 38.5 Å². The van der Waals surface area contributed by atoms with Gasteiger partial charge in [-0.1, -0.05) is 18.6 Å². The van der Waals surface area contributed by atoms with Crippen molar-refractivity contribution < 1.29 is 0 Å². The molecule has 0 amide bonds. The highest BCUT2D eigenvalue weighted by atomic mass is 14.7. The molecule has 0 atom stereocenters. The highest BCUT2D eigenvalue weighted by Crippen LogP contribution is 2.03. The summed E-state index contributed by atoms with van der Waals surface area (Å²) in [7, 11) is 0. The van der Waals surface area contributed by atoms with Crippen molar-refractivity contribution in [2.24, 2.45) is 4.99 Å². The zero-order valence-corrected chi connectivity index (χ0v) is 7.13. The van der Waals surface area contributed by atoms with Crippen LogP contribution in [0.3, 0.4) is 0 Å². The molecule has 0 aromatic rings. The summed E-state index contributed by atoms with van der Waals surface area (Å²) >= 11 is 0. The maximum absolute atomic E-state index is 4.32. The molecule has 1 aliphatic rings. The largest absolute Gasteiger partial charge is 0.298 e. The van der Waals surface area contributed by atoms with Crippen molar-refractivity contribution in [1.29, 1.82) is 0 Å². The van der Waals surface area contributed by atoms with Crippen molar-refractivity contribution in [2.45, 2.75) is 38.5 Å². The molecule has 1 rings (SSSR count). The Labute approximate surface area is 69.2 Å². The number of aliphatic imine (C=N–C) groups is 1. The second kappa shape index (κ2) is 6.14. The molecule has 62 valence electrons. The van der Waals surface area contributed by atoms with Crippen LogP contribution in [0.25, 0.3) is 0 Å². The Morgan fingerprint density at radius 2 is 1.73 bits per heavy atom. The second-order valence-electron chi connectivity index (χ2n) is 2.99. The van der Waals surface area contributed by atoms with Crippen LogP contribution in [0.4, 0.5) is 0 Å². The first-order chi connectivity index (χ1) is 5.50. The van der Waals surface area contributed by atoms with Crippen LogP contribution in [0.2, 0.25) is 0 Å². The third-order valence-electron chi connectivity index (χ3n) is 1.92. The maximum atomic E-state index is 4.32. The van der Waals surface area contributed by atoms with Gasteiger partial charge in [-0.3, -0.25) is 4.99 Å². The summed E-state index contributed by atoms with van der Waals surface area (Å²) in [6, 6.07) is 0. The van der Waals surface area contributed by atoms with Crippen molar-refractivity contribution in [3.8, 4) is 0 Å². The van der Waals surface area contributed by atoms with E-state index in [1.807, 2.05) is 0 Å². The molecule has 0 saturated carbocycles. The van der Waals surface area contributed by atoms with Crippen molar-refractivity contribution in [2.75, 3.05) is 6.54 Å². The molecule has 0 unspecified atom stereocenters. The predicted molar refractivity (Wildman–Crippen MR) is 50.2 cm³/mol. The van der Waals surface area contributed by atoms with Crippen molar-refractivity contribution in [3.63, 3.8) is 0 Å². The van der Waals surface area contributed by atoms with E-state index in [-0.39, 0.29) is 0 Å². The Bertz CT molecular complexity index is 120. The molecule has 0 bridgehead atoms. The van der Waals surface area contributed by atoms with E-state index in [1.165, 1.54) is 32.1 Å². The SMILES string of the molecule is C1=C\CCCCC/N=C\CC/1. The quantitative estimate of drug-likeness (QED) is 0.472. The molecule has 1 heterocycles. The third-order valence-corrected chi connectivity index (χ3v) is 1.92. The number of hydrogen-bond acceptors (Lipinski definition) is 1. The van der Waals surface area contributed by atoms with Gasteiger partial charge in [0.1, 0.15) is 0 Å². The Morgan fingerprint density at radius 1 is 0.818 bits per heavy atom. The summed E-state index contributed by atoms with van der Waals surface area (Å²) in [5.41, 5.74) is 0. The zero-order chi connectivity index (χ0) is 7.78. The van der Waals surface area contributed by atoms with Crippen LogP contribution >= 0.6 is 0 Å². The standard InChI is InChI=1S/C10H17N/c1-2-4-6-8-10-11-9-7-5-3-1/h1,3,9H,2,4-8,10H2/b3-1-,11-9-. The van der Waals surface area contributed by atoms with E-state index in [2.05, 4.69) is 23.4 Å². The van der Waals surface area contributed by atoms with Gasteiger partial charge in [0.25, 0.3) is 0 Å². The zero-order valence-electron chi connectivity index (χ0n) is 7.13. The molecular formula is C10H17N. The van der Waals surface area contributed by atoms with Gasteiger partial charge < -0.3 is 0 Å². The second-order valence-corrected chi connectivity index (χ2v) is 2.99. The molecule has 0 aromatic heterocycles. The van der Waals surface area contributed by atoms with E-state index >= 15 is 0 Å². The summed E-state index contributed by atoms with van der Waals surface area (Å²) in [6.07, 6.45) is 14.1. The summed E-state index contributed by atoms with van der Waals surface area (Å²) in [5.74, 6) is 0. The third kappa shape index (κ3) is 4.77. The highest BCUT2D eigenvalue weighted by molar-refractivity contribution is 5.57. The van der Waals surface area contributed by atoms with E-state index in [4.69, 9.17) is 0 Å². The highest BCUT2D eigenvalue weighted by Gasteiger charge is 1.87. The molecule has 0 aliphatic carbocycles. The lowest BCUT2D eigenvalue weighted by atomic mass is 10.2. The Hall–Kier alpha value is -0.590. The molecule has 0 saturated heterocycles. The summed E-state index contributed by atoms with van der Waals surface area (Å²) in [5, 5.41) is 0. The first-order valence-corrected chi connectivity index (χ1v) is 4.63. The van der Waals surface area contributed by atoms with Gasteiger partial charge in [-0.15, -0.1) is 0 Å². The number of allylic oxidation sites excluding steroid dienone is 2. The smallest absolute Gasteiger partial charge is 0.0385 e. The molecular weight excluding hydrogens is 134 g/mol. The minimum Gasteiger partial charge on any atom is -0.298 e. The van der Waals surface area contributed by atoms with Crippen molar-refractivity contribution in [1.82, 2.24) is 0 Å². The lowest BCUT2D eigenvalue weighted by Gasteiger charge is -1.93. The first-order valence-electron chi connectivity index (χ1n) is 4.63. The van der Waals surface area contributed by atoms with Gasteiger partial charge in [-0.25, -0.2) is 0 Å². The minimum atomic E-state index is 1.04. The lowest BCUT2D eigenvalue weighted by molar-refractivity contribution is 0.697. The van der Waals surface area contributed by atoms with Crippen LogP contribution in [-0.4, -0.2) is 12.8 Å². The molecule has 1 aliphatic heterocycles. The monoisotopic (exact) mass is 151 g/mol. The van der Waals surface area contributed by atoms with Gasteiger partial charge in [0, 0.05) is 6.54 Å². The molecule has 0 spiro atoms. The molecule has 0 fully saturated rings. The van der Waals surface area contributed by atoms with Crippen LogP contribution in [-0.2, 0) is 0 Å². The maximum Gasteiger partial charge on any atom is 0.0385 e. The first kappa shape index (κ1) is 8.51. The number of rotatable bonds is 0. The fraction of sp³-hybridized carbons (Fsp3) is 0.700. The average Bonchev–Trinajstić information content (AvgIpc) is 2.08. The Morgan fingerprint density at radius 3 is 2.73 bits per heavy atom. The van der Waals surface area contributed by atoms with E-state index in [1.54, 1.807) is 0 Å². The molecule has 0 N–H and O–H groups in total. The molecule has 0 radical (unpaired) electrons. The predicted octanol–water partition coefficient (Wildman–Crippen LogP) is 2.97. The summed E-state index contributed by atoms with van der Waals surface area (Å²) < 4.78 is 0. The average molecular weight is 151 g/mol. The Kier molecular flexibility index (Phi) is 4.75. The number of hydrogen-bond donors (Lipinski definition) is 0. The van der Waals surface area contributed by atoms with Crippen LogP contribution in [0, 0.1) is 0 Å². The van der Waals surface area contributed by atoms with Crippen LogP contribution in [0.15, 0.2) is 17.1 Å². The van der Waals surface area contributed by atoms with E-state index < -0.39 is 0 Å².